The molecular weight excluding hydrogens is 322 g/mol. The van der Waals surface area contributed by atoms with E-state index in [0.29, 0.717) is 0 Å². The molecule has 0 aliphatic carbocycles. The van der Waals surface area contributed by atoms with Gasteiger partial charge in [-0.15, -0.1) is 0 Å². The van der Waals surface area contributed by atoms with Crippen molar-refractivity contribution in [3.8, 4) is 0 Å². The van der Waals surface area contributed by atoms with Crippen molar-refractivity contribution in [3.63, 3.8) is 0 Å². The van der Waals surface area contributed by atoms with Crippen LogP contribution < -0.4 is 5.32 Å². The van der Waals surface area contributed by atoms with Gasteiger partial charge in [0.1, 0.15) is 6.33 Å². The molecule has 0 spiro atoms. The van der Waals surface area contributed by atoms with Crippen LogP contribution in [0.4, 0.5) is 5.82 Å². The standard InChI is InChI=1S/C14H16BrN3O2/c15-10-5-6-12-11(8-10)14(18-9-17-12)16-7-3-1-2-4-13(19)20/h5-6,8-9H,1-4,7H2,(H,19,20)(H,16,17,18)/p+1. The average molecular weight is 339 g/mol. The molecule has 1 aromatic carbocycles. The minimum Gasteiger partial charge on any atom is -0.481 e. The Kier molecular flexibility index (Phi) is 5.43. The Hall–Kier alpha value is -1.53. The molecule has 2 rings (SSSR count). The van der Waals surface area contributed by atoms with Gasteiger partial charge in [-0.25, -0.2) is 4.98 Å². The summed E-state index contributed by atoms with van der Waals surface area (Å²) < 4.78 is 1.01. The van der Waals surface area contributed by atoms with E-state index in [9.17, 15) is 4.79 Å². The molecule has 0 radical (unpaired) electrons. The normalized spacial score (nSPS) is 10.8. The predicted octanol–water partition coefficient (Wildman–Crippen LogP) is 2.23. The highest BCUT2D eigenvalue weighted by Gasteiger charge is 2.07. The lowest BCUT2D eigenvalue weighted by atomic mass is 10.2. The quantitative estimate of drug-likeness (QED) is 0.758. The Bertz CT molecular complexity index is 604. The Morgan fingerprint density at radius 1 is 1.25 bits per heavy atom. The van der Waals surface area contributed by atoms with Gasteiger partial charge in [0.15, 0.2) is 0 Å². The number of nitrogens with two attached hydrogens (primary N) is 1. The smallest absolute Gasteiger partial charge is 0.303 e. The molecule has 3 N–H and O–H groups in total. The van der Waals surface area contributed by atoms with Gasteiger partial charge in [0.2, 0.25) is 5.82 Å². The van der Waals surface area contributed by atoms with E-state index in [1.54, 1.807) is 6.33 Å². The molecule has 1 aromatic heterocycles. The van der Waals surface area contributed by atoms with Crippen LogP contribution in [0.1, 0.15) is 25.7 Å². The molecule has 20 heavy (non-hydrogen) atoms. The molecule has 0 saturated carbocycles. The lowest BCUT2D eigenvalue weighted by Crippen LogP contribution is -2.78. The Labute approximate surface area is 125 Å². The zero-order valence-corrected chi connectivity index (χ0v) is 12.6. The number of quaternary nitrogens is 1. The van der Waals surface area contributed by atoms with Gasteiger partial charge in [0.05, 0.1) is 17.4 Å². The number of aliphatic carboxylic acids is 1. The molecular formula is C14H17BrN3O2+. The highest BCUT2D eigenvalue weighted by Crippen LogP contribution is 2.20. The van der Waals surface area contributed by atoms with Crippen LogP contribution in [0.3, 0.4) is 0 Å². The first-order valence-corrected chi connectivity index (χ1v) is 7.41. The van der Waals surface area contributed by atoms with Crippen LogP contribution in [0.25, 0.3) is 10.9 Å². The maximum absolute atomic E-state index is 10.4. The van der Waals surface area contributed by atoms with Gasteiger partial charge in [0, 0.05) is 10.9 Å². The second-order valence-electron chi connectivity index (χ2n) is 4.62. The fraction of sp³-hybridized carbons (Fsp3) is 0.357. The summed E-state index contributed by atoms with van der Waals surface area (Å²) in [4.78, 5) is 19.0. The number of rotatable bonds is 7. The molecule has 0 saturated heterocycles. The van der Waals surface area contributed by atoms with Gasteiger partial charge in [-0.1, -0.05) is 15.9 Å². The molecule has 5 nitrogen and oxygen atoms in total. The number of hydrogen-bond acceptors (Lipinski definition) is 3. The van der Waals surface area contributed by atoms with Crippen molar-refractivity contribution in [1.29, 1.82) is 0 Å². The highest BCUT2D eigenvalue weighted by atomic mass is 79.9. The second-order valence-corrected chi connectivity index (χ2v) is 5.53. The van der Waals surface area contributed by atoms with Gasteiger partial charge < -0.3 is 5.11 Å². The maximum Gasteiger partial charge on any atom is 0.303 e. The Balaban J connectivity index is 1.90. The van der Waals surface area contributed by atoms with Crippen molar-refractivity contribution < 1.29 is 15.2 Å². The highest BCUT2D eigenvalue weighted by molar-refractivity contribution is 9.10. The lowest BCUT2D eigenvalue weighted by Gasteiger charge is -2.04. The SMILES string of the molecule is O=C(O)CCCCC[NH2+]c1ncnc2ccc(Br)cc12. The minimum absolute atomic E-state index is 0.253. The first-order valence-electron chi connectivity index (χ1n) is 6.62. The number of carboxylic acids is 1. The lowest BCUT2D eigenvalue weighted by molar-refractivity contribution is -0.574. The third-order valence-corrected chi connectivity index (χ3v) is 3.55. The summed E-state index contributed by atoms with van der Waals surface area (Å²) in [5, 5.41) is 11.7. The van der Waals surface area contributed by atoms with Gasteiger partial charge >= 0.3 is 5.97 Å². The van der Waals surface area contributed by atoms with E-state index in [0.717, 1.165) is 47.0 Å². The summed E-state index contributed by atoms with van der Waals surface area (Å²) in [5.41, 5.74) is 0.931. The molecule has 1 heterocycles. The van der Waals surface area contributed by atoms with Gasteiger partial charge in [-0.3, -0.25) is 10.1 Å². The Morgan fingerprint density at radius 2 is 2.10 bits per heavy atom. The predicted molar refractivity (Wildman–Crippen MR) is 79.8 cm³/mol. The third-order valence-electron chi connectivity index (χ3n) is 3.06. The molecule has 0 aliphatic rings. The molecule has 0 atom stereocenters. The van der Waals surface area contributed by atoms with Crippen LogP contribution in [0.2, 0.25) is 0 Å². The second kappa shape index (κ2) is 7.31. The molecule has 2 aromatic rings. The van der Waals surface area contributed by atoms with Crippen molar-refractivity contribution in [2.24, 2.45) is 0 Å². The van der Waals surface area contributed by atoms with E-state index in [4.69, 9.17) is 5.11 Å². The van der Waals surface area contributed by atoms with Crippen molar-refractivity contribution in [1.82, 2.24) is 9.97 Å². The summed E-state index contributed by atoms with van der Waals surface area (Å²) in [5.74, 6) is 0.218. The van der Waals surface area contributed by atoms with Gasteiger partial charge in [-0.05, 0) is 37.5 Å². The van der Waals surface area contributed by atoms with E-state index < -0.39 is 5.97 Å². The molecule has 0 aliphatic heterocycles. The number of unbranched alkanes of at least 4 members (excludes halogenated alkanes) is 2. The number of benzene rings is 1. The summed E-state index contributed by atoms with van der Waals surface area (Å²) in [7, 11) is 0. The number of carboxylic acid groups (broad SMARTS) is 1. The van der Waals surface area contributed by atoms with E-state index in [1.165, 1.54) is 0 Å². The molecule has 0 bridgehead atoms. The van der Waals surface area contributed by atoms with Crippen molar-refractivity contribution >= 4 is 38.6 Å². The molecule has 0 fully saturated rings. The zero-order valence-electron chi connectivity index (χ0n) is 11.1. The number of fused-ring (bicyclic) bond motifs is 1. The maximum atomic E-state index is 10.4. The third kappa shape index (κ3) is 4.25. The van der Waals surface area contributed by atoms with Crippen LogP contribution in [0, 0.1) is 0 Å². The number of halogens is 1. The monoisotopic (exact) mass is 338 g/mol. The van der Waals surface area contributed by atoms with E-state index in [2.05, 4.69) is 31.2 Å². The fourth-order valence-electron chi connectivity index (χ4n) is 2.05. The number of hydrogen-bond donors (Lipinski definition) is 2. The van der Waals surface area contributed by atoms with Crippen LogP contribution in [-0.4, -0.2) is 27.6 Å². The molecule has 0 amide bonds. The number of aromatic nitrogens is 2. The number of carbonyl (C=O) groups is 1. The largest absolute Gasteiger partial charge is 0.481 e. The van der Waals surface area contributed by atoms with E-state index >= 15 is 0 Å². The molecule has 6 heteroatoms. The summed E-state index contributed by atoms with van der Waals surface area (Å²) >= 11 is 3.46. The summed E-state index contributed by atoms with van der Waals surface area (Å²) in [6, 6.07) is 5.95. The minimum atomic E-state index is -0.722. The van der Waals surface area contributed by atoms with Crippen LogP contribution in [-0.2, 0) is 4.79 Å². The molecule has 106 valence electrons. The summed E-state index contributed by atoms with van der Waals surface area (Å²) in [6.07, 6.45) is 4.47. The topological polar surface area (TPSA) is 79.7 Å². The summed E-state index contributed by atoms with van der Waals surface area (Å²) in [6.45, 7) is 0.901. The first kappa shape index (κ1) is 14.9. The average Bonchev–Trinajstić information content (AvgIpc) is 2.42. The van der Waals surface area contributed by atoms with E-state index in [-0.39, 0.29) is 6.42 Å². The van der Waals surface area contributed by atoms with Crippen LogP contribution >= 0.6 is 15.9 Å². The van der Waals surface area contributed by atoms with Gasteiger partial charge in [0.25, 0.3) is 0 Å². The molecule has 0 unspecified atom stereocenters. The number of nitrogens with zero attached hydrogens (tertiary/aromatic N) is 2. The van der Waals surface area contributed by atoms with Crippen molar-refractivity contribution in [3.05, 3.63) is 29.0 Å². The van der Waals surface area contributed by atoms with E-state index in [1.807, 2.05) is 18.2 Å². The van der Waals surface area contributed by atoms with Crippen molar-refractivity contribution in [2.45, 2.75) is 25.7 Å². The van der Waals surface area contributed by atoms with Gasteiger partial charge in [-0.2, -0.15) is 4.98 Å². The first-order chi connectivity index (χ1) is 9.66. The zero-order chi connectivity index (χ0) is 14.4. The Morgan fingerprint density at radius 3 is 2.90 bits per heavy atom. The fourth-order valence-corrected chi connectivity index (χ4v) is 2.41. The van der Waals surface area contributed by atoms with Crippen LogP contribution in [0.5, 0.6) is 0 Å². The van der Waals surface area contributed by atoms with Crippen molar-refractivity contribution in [2.75, 3.05) is 6.54 Å². The van der Waals surface area contributed by atoms with Crippen LogP contribution in [0.15, 0.2) is 29.0 Å².